The molecule has 0 atom stereocenters. The number of hydrogen-bond acceptors (Lipinski definition) is 10. The fourth-order valence-electron chi connectivity index (χ4n) is 23.4. The number of rotatable bonds is 43. The molecule has 8 aliphatic carbocycles. The second-order valence-corrected chi connectivity index (χ2v) is 36.9. The zero-order chi connectivity index (χ0) is 75.9. The van der Waals surface area contributed by atoms with Gasteiger partial charge in [-0.2, -0.15) is 0 Å². The molecule has 0 aliphatic heterocycles. The van der Waals surface area contributed by atoms with Crippen LogP contribution in [0.5, 0.6) is 0 Å². The van der Waals surface area contributed by atoms with Gasteiger partial charge in [0.15, 0.2) is 0 Å². The molecule has 0 radical (unpaired) electrons. The van der Waals surface area contributed by atoms with Gasteiger partial charge in [0.25, 0.3) is 0 Å². The smallest absolute Gasteiger partial charge is 0.330 e. The Morgan fingerprint density at radius 2 is 0.528 bits per heavy atom. The molecule has 2 aromatic carbocycles. The first-order valence-electron chi connectivity index (χ1n) is 46.3. The summed E-state index contributed by atoms with van der Waals surface area (Å²) in [5.74, 6) is 8.88. The van der Waals surface area contributed by atoms with E-state index in [9.17, 15) is 19.2 Å². The molecule has 0 spiro atoms. The van der Waals surface area contributed by atoms with Gasteiger partial charge in [-0.05, 0) is 299 Å². The SMILES string of the molecule is C=CC(=O)OCCCCCC(=O)OC1(c2ccc(C3(OCCCCCCCCOC4(c5ccc(C6(OC(=O)CCCCCOC(=O)C=C)CCC(C7CCC(CCC)CC7)CC6)cc5)CCC(C5CCC(CCC)CC5)CC4)CCC(C4CCC(CCC)CC4)CC3)cc2)CCC(C2CCC(CCC)CC2)CC1. The van der Waals surface area contributed by atoms with Crippen molar-refractivity contribution in [1.29, 1.82) is 0 Å². The minimum absolute atomic E-state index is 0.106. The van der Waals surface area contributed by atoms with Crippen LogP contribution in [0.3, 0.4) is 0 Å². The van der Waals surface area contributed by atoms with Gasteiger partial charge in [0.1, 0.15) is 11.2 Å². The van der Waals surface area contributed by atoms with Crippen LogP contribution in [-0.2, 0) is 70.0 Å². The van der Waals surface area contributed by atoms with Crippen molar-refractivity contribution in [2.75, 3.05) is 26.4 Å². The molecule has 0 saturated heterocycles. The zero-order valence-corrected chi connectivity index (χ0v) is 69.2. The van der Waals surface area contributed by atoms with Gasteiger partial charge in [0.2, 0.25) is 0 Å². The number of ether oxygens (including phenoxy) is 6. The molecule has 2 aromatic rings. The quantitative estimate of drug-likeness (QED) is 0.0274. The molecule has 8 fully saturated rings. The van der Waals surface area contributed by atoms with Gasteiger partial charge in [-0.25, -0.2) is 9.59 Å². The van der Waals surface area contributed by atoms with E-state index in [4.69, 9.17) is 28.4 Å². The number of benzene rings is 2. The van der Waals surface area contributed by atoms with E-state index in [2.05, 4.69) is 89.4 Å². The molecule has 10 rings (SSSR count). The maximum atomic E-state index is 14.0. The molecule has 0 amide bonds. The summed E-state index contributed by atoms with van der Waals surface area (Å²) in [6.45, 7) is 18.7. The summed E-state index contributed by atoms with van der Waals surface area (Å²) >= 11 is 0. The third-order valence-corrected chi connectivity index (χ3v) is 30.0. The van der Waals surface area contributed by atoms with E-state index >= 15 is 0 Å². The normalized spacial score (nSPS) is 31.9. The van der Waals surface area contributed by atoms with Crippen molar-refractivity contribution in [3.05, 3.63) is 96.1 Å². The van der Waals surface area contributed by atoms with Crippen LogP contribution in [0.1, 0.15) is 397 Å². The molecule has 0 bridgehead atoms. The molecule has 8 saturated carbocycles. The van der Waals surface area contributed by atoms with Crippen LogP contribution < -0.4 is 0 Å². The van der Waals surface area contributed by atoms with Crippen LogP contribution in [0.25, 0.3) is 0 Å². The molecular formula is C98H154O10. The highest BCUT2D eigenvalue weighted by Crippen LogP contribution is 2.54. The summed E-state index contributed by atoms with van der Waals surface area (Å²) in [6, 6.07) is 18.9. The molecule has 0 N–H and O–H groups in total. The summed E-state index contributed by atoms with van der Waals surface area (Å²) in [5, 5.41) is 0. The number of esters is 4. The molecule has 10 nitrogen and oxygen atoms in total. The second kappa shape index (κ2) is 45.0. The number of carbonyl (C=O) groups is 4. The Morgan fingerprint density at radius 1 is 0.306 bits per heavy atom. The first-order valence-corrected chi connectivity index (χ1v) is 46.3. The van der Waals surface area contributed by atoms with Crippen molar-refractivity contribution in [3.8, 4) is 0 Å². The minimum Gasteiger partial charge on any atom is -0.463 e. The third kappa shape index (κ3) is 25.1. The predicted octanol–water partition coefficient (Wildman–Crippen LogP) is 26.4. The minimum atomic E-state index is -0.619. The van der Waals surface area contributed by atoms with E-state index in [-0.39, 0.29) is 23.1 Å². The summed E-state index contributed by atoms with van der Waals surface area (Å²) in [5.41, 5.74) is 3.09. The molecule has 8 aliphatic rings. The fraction of sp³-hybridized carbons (Fsp3) is 0.796. The number of carbonyl (C=O) groups excluding carboxylic acids is 4. The van der Waals surface area contributed by atoms with Gasteiger partial charge in [-0.3, -0.25) is 9.59 Å². The Hall–Kier alpha value is -4.28. The molecule has 10 heteroatoms. The molecule has 606 valence electrons. The van der Waals surface area contributed by atoms with E-state index in [0.717, 1.165) is 199 Å². The number of unbranched alkanes of at least 4 members (excludes halogenated alkanes) is 9. The van der Waals surface area contributed by atoms with Gasteiger partial charge in [-0.1, -0.05) is 218 Å². The first kappa shape index (κ1) is 86.1. The Bertz CT molecular complexity index is 2700. The maximum Gasteiger partial charge on any atom is 0.330 e. The largest absolute Gasteiger partial charge is 0.463 e. The summed E-state index contributed by atoms with van der Waals surface area (Å²) in [6.07, 6.45) is 64.6. The van der Waals surface area contributed by atoms with Gasteiger partial charge in [0, 0.05) is 38.2 Å². The Morgan fingerprint density at radius 3 is 0.787 bits per heavy atom. The van der Waals surface area contributed by atoms with Crippen LogP contribution in [-0.4, -0.2) is 50.3 Å². The molecule has 0 unspecified atom stereocenters. The van der Waals surface area contributed by atoms with Crippen molar-refractivity contribution < 1.29 is 47.6 Å². The highest BCUT2D eigenvalue weighted by molar-refractivity contribution is 5.81. The standard InChI is InChI=1S/C98H154O10/c1-7-25-75-31-39-79(40-32-75)83-55-63-95(64-56-83,87-47-51-89(52-48-87)97(107-93(101)29-19-17-21-71-103-91(99)11-5)67-59-85(60-68-97)81-43-35-77(27-9-3)36-44-81)105-73-23-15-13-14-16-24-74-106-96(65-57-84(58-66-96)80-41-33-76(26-8-2)34-42-80)88-49-53-90(54-50-88)98(108-94(102)30-20-18-22-72-104-92(100)12-6)69-61-86(62-70-98)82-45-37-78(28-10-4)38-46-82/h11-12,47-54,75-86H,5-10,13-46,55-74H2,1-4H3. The molecule has 0 aromatic heterocycles. The van der Waals surface area contributed by atoms with Gasteiger partial charge in [-0.15, -0.1) is 0 Å². The Labute approximate surface area is 658 Å². The van der Waals surface area contributed by atoms with E-state index in [1.165, 1.54) is 229 Å². The summed E-state index contributed by atoms with van der Waals surface area (Å²) < 4.78 is 38.9. The van der Waals surface area contributed by atoms with Gasteiger partial charge in [0.05, 0.1) is 24.4 Å². The summed E-state index contributed by atoms with van der Waals surface area (Å²) in [4.78, 5) is 51.3. The molecule has 108 heavy (non-hydrogen) atoms. The lowest BCUT2D eigenvalue weighted by molar-refractivity contribution is -0.168. The van der Waals surface area contributed by atoms with Crippen molar-refractivity contribution in [1.82, 2.24) is 0 Å². The Balaban J connectivity index is 0.760. The highest BCUT2D eigenvalue weighted by atomic mass is 16.6. The topological polar surface area (TPSA) is 124 Å². The van der Waals surface area contributed by atoms with Gasteiger partial charge < -0.3 is 28.4 Å². The van der Waals surface area contributed by atoms with Crippen molar-refractivity contribution in [2.24, 2.45) is 71.0 Å². The second-order valence-electron chi connectivity index (χ2n) is 36.9. The maximum absolute atomic E-state index is 14.0. The third-order valence-electron chi connectivity index (χ3n) is 30.0. The highest BCUT2D eigenvalue weighted by Gasteiger charge is 2.48. The zero-order valence-electron chi connectivity index (χ0n) is 69.2. The lowest BCUT2D eigenvalue weighted by atomic mass is 9.65. The van der Waals surface area contributed by atoms with Crippen molar-refractivity contribution in [2.45, 2.75) is 397 Å². The van der Waals surface area contributed by atoms with E-state index in [1.54, 1.807) is 0 Å². The van der Waals surface area contributed by atoms with E-state index in [1.807, 2.05) is 0 Å². The first-order chi connectivity index (χ1) is 52.7. The fourth-order valence-corrected chi connectivity index (χ4v) is 23.4. The van der Waals surface area contributed by atoms with Crippen molar-refractivity contribution >= 4 is 23.9 Å². The van der Waals surface area contributed by atoms with Crippen LogP contribution >= 0.6 is 0 Å². The average molecular weight is 1490 g/mol. The predicted molar refractivity (Wildman–Crippen MR) is 440 cm³/mol. The van der Waals surface area contributed by atoms with Crippen molar-refractivity contribution in [3.63, 3.8) is 0 Å². The van der Waals surface area contributed by atoms with Crippen LogP contribution in [0.15, 0.2) is 73.8 Å². The van der Waals surface area contributed by atoms with Gasteiger partial charge >= 0.3 is 23.9 Å². The van der Waals surface area contributed by atoms with Crippen LogP contribution in [0.4, 0.5) is 0 Å². The molecule has 0 heterocycles. The average Bonchev–Trinajstić information content (AvgIpc) is 0.772. The monoisotopic (exact) mass is 1490 g/mol. The van der Waals surface area contributed by atoms with Crippen LogP contribution in [0.2, 0.25) is 0 Å². The van der Waals surface area contributed by atoms with E-state index in [0.29, 0.717) is 50.7 Å². The lowest BCUT2D eigenvalue weighted by Crippen LogP contribution is -2.39. The lowest BCUT2D eigenvalue weighted by Gasteiger charge is -2.45. The Kier molecular flexibility index (Phi) is 35.9. The summed E-state index contributed by atoms with van der Waals surface area (Å²) in [7, 11) is 0. The molecular weight excluding hydrogens is 1340 g/mol. The van der Waals surface area contributed by atoms with Crippen LogP contribution in [0, 0.1) is 71.0 Å². The number of hydrogen-bond donors (Lipinski definition) is 0. The van der Waals surface area contributed by atoms with E-state index < -0.39 is 23.1 Å².